The van der Waals surface area contributed by atoms with Crippen LogP contribution in [0.5, 0.6) is 5.75 Å². The maximum absolute atomic E-state index is 13.1. The SMILES string of the molecule is CCNC(=NCC(Cc1ccc(F)cc1)C(N)=O)N(C)Cc1ccccc1OC.I. The summed E-state index contributed by atoms with van der Waals surface area (Å²) in [6.07, 6.45) is 0.411. The van der Waals surface area contributed by atoms with Gasteiger partial charge in [0.2, 0.25) is 5.91 Å². The molecule has 1 atom stereocenters. The molecule has 30 heavy (non-hydrogen) atoms. The number of nitrogens with one attached hydrogen (secondary N) is 1. The molecule has 1 amide bonds. The molecule has 6 nitrogen and oxygen atoms in total. The molecule has 0 saturated carbocycles. The summed E-state index contributed by atoms with van der Waals surface area (Å²) >= 11 is 0. The minimum Gasteiger partial charge on any atom is -0.496 e. The Morgan fingerprint density at radius 2 is 1.90 bits per heavy atom. The van der Waals surface area contributed by atoms with Crippen LogP contribution in [0.3, 0.4) is 0 Å². The van der Waals surface area contributed by atoms with Gasteiger partial charge in [-0.2, -0.15) is 0 Å². The minimum absolute atomic E-state index is 0. The second-order valence-electron chi connectivity index (χ2n) is 6.79. The molecule has 0 radical (unpaired) electrons. The molecule has 0 saturated heterocycles. The van der Waals surface area contributed by atoms with E-state index >= 15 is 0 Å². The fourth-order valence-corrected chi connectivity index (χ4v) is 2.99. The van der Waals surface area contributed by atoms with Gasteiger partial charge in [0.1, 0.15) is 11.6 Å². The normalized spacial score (nSPS) is 11.9. The Morgan fingerprint density at radius 1 is 1.23 bits per heavy atom. The summed E-state index contributed by atoms with van der Waals surface area (Å²) in [5.74, 6) is 0.259. The van der Waals surface area contributed by atoms with Gasteiger partial charge < -0.3 is 20.7 Å². The molecule has 0 aliphatic rings. The van der Waals surface area contributed by atoms with E-state index in [0.29, 0.717) is 25.5 Å². The van der Waals surface area contributed by atoms with E-state index in [1.54, 1.807) is 19.2 Å². The molecule has 0 spiro atoms. The standard InChI is InChI=1S/C22H29FN4O2.HI/c1-4-25-22(27(2)15-17-7-5-6-8-20(17)29-3)26-14-18(21(24)28)13-16-9-11-19(23)12-10-16;/h5-12,18H,4,13-15H2,1-3H3,(H2,24,28)(H,25,26);1H. The smallest absolute Gasteiger partial charge is 0.222 e. The van der Waals surface area contributed by atoms with Crippen LogP contribution in [0, 0.1) is 11.7 Å². The van der Waals surface area contributed by atoms with Crippen molar-refractivity contribution in [2.24, 2.45) is 16.6 Å². The quantitative estimate of drug-likeness (QED) is 0.298. The van der Waals surface area contributed by atoms with Gasteiger partial charge >= 0.3 is 0 Å². The molecule has 0 aliphatic heterocycles. The maximum Gasteiger partial charge on any atom is 0.222 e. The van der Waals surface area contributed by atoms with Crippen LogP contribution >= 0.6 is 24.0 Å². The number of nitrogens with zero attached hydrogens (tertiary/aromatic N) is 2. The van der Waals surface area contributed by atoms with Crippen molar-refractivity contribution in [3.8, 4) is 5.75 Å². The molecular formula is C22H30FIN4O2. The molecule has 164 valence electrons. The summed E-state index contributed by atoms with van der Waals surface area (Å²) < 4.78 is 18.5. The largest absolute Gasteiger partial charge is 0.496 e. The van der Waals surface area contributed by atoms with Gasteiger partial charge in [0.15, 0.2) is 5.96 Å². The maximum atomic E-state index is 13.1. The van der Waals surface area contributed by atoms with Crippen molar-refractivity contribution in [3.05, 3.63) is 65.5 Å². The van der Waals surface area contributed by atoms with Crippen LogP contribution in [-0.4, -0.2) is 44.0 Å². The first-order valence-corrected chi connectivity index (χ1v) is 9.59. The number of benzene rings is 2. The van der Waals surface area contributed by atoms with E-state index in [9.17, 15) is 9.18 Å². The first-order chi connectivity index (χ1) is 13.9. The summed E-state index contributed by atoms with van der Waals surface area (Å²) in [6, 6.07) is 13.9. The van der Waals surface area contributed by atoms with E-state index in [0.717, 1.165) is 16.9 Å². The lowest BCUT2D eigenvalue weighted by molar-refractivity contribution is -0.121. The highest BCUT2D eigenvalue weighted by molar-refractivity contribution is 14.0. The second-order valence-corrected chi connectivity index (χ2v) is 6.79. The zero-order valence-electron chi connectivity index (χ0n) is 17.6. The van der Waals surface area contributed by atoms with Crippen LogP contribution in [0.15, 0.2) is 53.5 Å². The van der Waals surface area contributed by atoms with Crippen LogP contribution in [0.1, 0.15) is 18.1 Å². The third-order valence-electron chi connectivity index (χ3n) is 4.56. The molecule has 1 unspecified atom stereocenters. The summed E-state index contributed by atoms with van der Waals surface area (Å²) in [4.78, 5) is 18.5. The van der Waals surface area contributed by atoms with E-state index < -0.39 is 11.8 Å². The summed E-state index contributed by atoms with van der Waals surface area (Å²) in [6.45, 7) is 3.51. The van der Waals surface area contributed by atoms with Crippen molar-refractivity contribution in [2.75, 3.05) is 27.2 Å². The number of hydrogen-bond acceptors (Lipinski definition) is 3. The zero-order valence-corrected chi connectivity index (χ0v) is 19.9. The highest BCUT2D eigenvalue weighted by Crippen LogP contribution is 2.19. The molecule has 2 aromatic rings. The van der Waals surface area contributed by atoms with Crippen LogP contribution in [0.4, 0.5) is 4.39 Å². The number of aliphatic imine (C=N–C) groups is 1. The minimum atomic E-state index is -0.478. The third kappa shape index (κ3) is 7.81. The molecular weight excluding hydrogens is 498 g/mol. The van der Waals surface area contributed by atoms with E-state index in [1.165, 1.54) is 12.1 Å². The van der Waals surface area contributed by atoms with Crippen LogP contribution in [0.25, 0.3) is 0 Å². The fraction of sp³-hybridized carbons (Fsp3) is 0.364. The first-order valence-electron chi connectivity index (χ1n) is 9.59. The number of methoxy groups -OCH3 is 1. The molecule has 0 bridgehead atoms. The Morgan fingerprint density at radius 3 is 2.50 bits per heavy atom. The Kier molecular flexibility index (Phi) is 11.2. The number of guanidine groups is 1. The van der Waals surface area contributed by atoms with Crippen LogP contribution in [0.2, 0.25) is 0 Å². The Balaban J connectivity index is 0.00000450. The molecule has 2 rings (SSSR count). The molecule has 8 heteroatoms. The van der Waals surface area contributed by atoms with Gasteiger partial charge in [-0.05, 0) is 37.1 Å². The Bertz CT molecular complexity index is 830. The molecule has 0 heterocycles. The highest BCUT2D eigenvalue weighted by atomic mass is 127. The van der Waals surface area contributed by atoms with Gasteiger partial charge in [0, 0.05) is 25.7 Å². The number of hydrogen-bond donors (Lipinski definition) is 2. The van der Waals surface area contributed by atoms with Crippen molar-refractivity contribution in [2.45, 2.75) is 19.9 Å². The molecule has 0 aliphatic carbocycles. The first kappa shape index (κ1) is 25.7. The monoisotopic (exact) mass is 528 g/mol. The van der Waals surface area contributed by atoms with Gasteiger partial charge in [-0.3, -0.25) is 9.79 Å². The average Bonchev–Trinajstić information content (AvgIpc) is 2.71. The van der Waals surface area contributed by atoms with E-state index in [1.807, 2.05) is 43.1 Å². The van der Waals surface area contributed by atoms with E-state index in [-0.39, 0.29) is 36.3 Å². The number of primary amides is 1. The second kappa shape index (κ2) is 13.0. The lowest BCUT2D eigenvalue weighted by atomic mass is 9.99. The Labute approximate surface area is 194 Å². The third-order valence-corrected chi connectivity index (χ3v) is 4.56. The topological polar surface area (TPSA) is 79.9 Å². The fourth-order valence-electron chi connectivity index (χ4n) is 2.99. The zero-order chi connectivity index (χ0) is 21.2. The molecule has 0 fully saturated rings. The number of carbonyl (C=O) groups is 1. The molecule has 0 aromatic heterocycles. The van der Waals surface area contributed by atoms with Gasteiger partial charge in [0.05, 0.1) is 19.6 Å². The number of para-hydroxylation sites is 1. The van der Waals surface area contributed by atoms with Crippen molar-refractivity contribution < 1.29 is 13.9 Å². The van der Waals surface area contributed by atoms with Crippen LogP contribution in [-0.2, 0) is 17.8 Å². The average molecular weight is 528 g/mol. The number of halogens is 2. The lowest BCUT2D eigenvalue weighted by Crippen LogP contribution is -2.39. The number of rotatable bonds is 9. The summed E-state index contributed by atoms with van der Waals surface area (Å²) in [5, 5.41) is 3.24. The number of amides is 1. The predicted octanol–water partition coefficient (Wildman–Crippen LogP) is 3.19. The van der Waals surface area contributed by atoms with Gasteiger partial charge in [-0.25, -0.2) is 4.39 Å². The number of ether oxygens (including phenoxy) is 1. The van der Waals surface area contributed by atoms with Gasteiger partial charge in [-0.1, -0.05) is 30.3 Å². The van der Waals surface area contributed by atoms with Crippen molar-refractivity contribution in [1.82, 2.24) is 10.2 Å². The molecule has 2 aromatic carbocycles. The van der Waals surface area contributed by atoms with Crippen molar-refractivity contribution in [1.29, 1.82) is 0 Å². The van der Waals surface area contributed by atoms with Crippen molar-refractivity contribution in [3.63, 3.8) is 0 Å². The summed E-state index contributed by atoms with van der Waals surface area (Å²) in [5.41, 5.74) is 7.45. The lowest BCUT2D eigenvalue weighted by Gasteiger charge is -2.23. The van der Waals surface area contributed by atoms with E-state index in [4.69, 9.17) is 10.5 Å². The van der Waals surface area contributed by atoms with Gasteiger partial charge in [0.25, 0.3) is 0 Å². The highest BCUT2D eigenvalue weighted by Gasteiger charge is 2.17. The van der Waals surface area contributed by atoms with Crippen LogP contribution < -0.4 is 15.8 Å². The Hall–Kier alpha value is -2.36. The number of carbonyl (C=O) groups excluding carboxylic acids is 1. The predicted molar refractivity (Wildman–Crippen MR) is 129 cm³/mol. The molecule has 3 N–H and O–H groups in total. The van der Waals surface area contributed by atoms with Gasteiger partial charge in [-0.15, -0.1) is 24.0 Å². The van der Waals surface area contributed by atoms with E-state index in [2.05, 4.69) is 10.3 Å². The van der Waals surface area contributed by atoms with Crippen molar-refractivity contribution >= 4 is 35.8 Å². The summed E-state index contributed by atoms with van der Waals surface area (Å²) in [7, 11) is 3.57. The number of nitrogens with two attached hydrogens (primary N) is 1.